The van der Waals surface area contributed by atoms with Crippen LogP contribution in [0.4, 0.5) is 5.69 Å². The zero-order chi connectivity index (χ0) is 36.3. The minimum atomic E-state index is -1.18. The monoisotopic (exact) mass is 680 g/mol. The number of carbonyl (C=O) groups excluding carboxylic acids is 4. The maximum absolute atomic E-state index is 14.7. The highest BCUT2D eigenvalue weighted by molar-refractivity contribution is 6.41. The molecule has 5 aromatic rings. The van der Waals surface area contributed by atoms with Crippen molar-refractivity contribution in [3.63, 3.8) is 0 Å². The highest BCUT2D eigenvalue weighted by Gasteiger charge is 2.44. The van der Waals surface area contributed by atoms with Gasteiger partial charge in [0.15, 0.2) is 0 Å². The van der Waals surface area contributed by atoms with Crippen molar-refractivity contribution in [2.24, 2.45) is 0 Å². The van der Waals surface area contributed by atoms with Gasteiger partial charge in [0.25, 0.3) is 23.6 Å². The van der Waals surface area contributed by atoms with E-state index in [4.69, 9.17) is 5.11 Å². The van der Waals surface area contributed by atoms with Gasteiger partial charge in [-0.05, 0) is 79.3 Å². The molecule has 0 aliphatic carbocycles. The molecule has 1 unspecified atom stereocenters. The number of hydrogen-bond acceptors (Lipinski definition) is 6. The molecule has 2 aliphatic heterocycles. The average Bonchev–Trinajstić information content (AvgIpc) is 3.09. The molecule has 254 valence electrons. The average molecular weight is 681 g/mol. The molecule has 51 heavy (non-hydrogen) atoms. The van der Waals surface area contributed by atoms with Crippen molar-refractivity contribution >= 4 is 52.0 Å². The number of aryl methyl sites for hydroxylation is 3. The second-order valence-corrected chi connectivity index (χ2v) is 13.1. The minimum Gasteiger partial charge on any atom is -0.481 e. The number of carbonyl (C=O) groups is 6. The molecule has 7 rings (SSSR count). The fraction of sp³-hybridized carbons (Fsp3) is 0.171. The molecule has 0 saturated heterocycles. The second kappa shape index (κ2) is 12.5. The van der Waals surface area contributed by atoms with E-state index in [1.54, 1.807) is 36.4 Å². The molecule has 10 heteroatoms. The van der Waals surface area contributed by atoms with Crippen LogP contribution in [0.2, 0.25) is 0 Å². The number of benzene rings is 5. The quantitative estimate of drug-likeness (QED) is 0.157. The maximum Gasteiger partial charge on any atom is 0.305 e. The van der Waals surface area contributed by atoms with Crippen LogP contribution in [0.5, 0.6) is 0 Å². The van der Waals surface area contributed by atoms with Crippen LogP contribution in [-0.4, -0.2) is 56.7 Å². The van der Waals surface area contributed by atoms with Crippen molar-refractivity contribution in [1.29, 1.82) is 0 Å². The Morgan fingerprint density at radius 1 is 0.608 bits per heavy atom. The van der Waals surface area contributed by atoms with Crippen molar-refractivity contribution in [1.82, 2.24) is 4.90 Å². The van der Waals surface area contributed by atoms with Crippen molar-refractivity contribution in [2.75, 3.05) is 4.90 Å². The Balaban J connectivity index is 1.55. The molecule has 0 spiro atoms. The Labute approximate surface area is 292 Å². The molecule has 0 fully saturated rings. The van der Waals surface area contributed by atoms with Crippen LogP contribution in [0.1, 0.15) is 77.9 Å². The number of carboxylic acids is 2. The van der Waals surface area contributed by atoms with Crippen molar-refractivity contribution in [3.05, 3.63) is 124 Å². The molecule has 0 radical (unpaired) electrons. The summed E-state index contributed by atoms with van der Waals surface area (Å²) < 4.78 is 0. The van der Waals surface area contributed by atoms with Gasteiger partial charge in [-0.3, -0.25) is 33.7 Å². The van der Waals surface area contributed by atoms with Gasteiger partial charge in [-0.15, -0.1) is 0 Å². The van der Waals surface area contributed by atoms with E-state index in [0.29, 0.717) is 22.3 Å². The first-order chi connectivity index (χ1) is 24.3. The Morgan fingerprint density at radius 3 is 1.59 bits per heavy atom. The molecule has 0 bridgehead atoms. The van der Waals surface area contributed by atoms with Crippen LogP contribution in [0, 0.1) is 13.8 Å². The lowest BCUT2D eigenvalue weighted by molar-refractivity contribution is -0.138. The summed E-state index contributed by atoms with van der Waals surface area (Å²) in [7, 11) is 0. The van der Waals surface area contributed by atoms with Gasteiger partial charge in [0.2, 0.25) is 0 Å². The SMILES string of the molecule is Cc1ccc(-c2cc3c4c(c(-c5ccc(C)cc5)cc5c4c2C(=O)N(c2ccc(CCC(=O)O)cc2)C5=O)C(=O)N(C(C)CC(=O)O)C3=O)cc1. The van der Waals surface area contributed by atoms with E-state index in [9.17, 15) is 33.9 Å². The van der Waals surface area contributed by atoms with Gasteiger partial charge in [0.05, 0.1) is 23.2 Å². The smallest absolute Gasteiger partial charge is 0.305 e. The lowest BCUT2D eigenvalue weighted by Gasteiger charge is -2.36. The number of amides is 4. The fourth-order valence-corrected chi connectivity index (χ4v) is 7.05. The van der Waals surface area contributed by atoms with Crippen LogP contribution < -0.4 is 4.90 Å². The summed E-state index contributed by atoms with van der Waals surface area (Å²) in [5.41, 5.74) is 5.31. The van der Waals surface area contributed by atoms with E-state index in [2.05, 4.69) is 0 Å². The van der Waals surface area contributed by atoms with Gasteiger partial charge < -0.3 is 10.2 Å². The first-order valence-electron chi connectivity index (χ1n) is 16.5. The van der Waals surface area contributed by atoms with Gasteiger partial charge in [-0.2, -0.15) is 0 Å². The zero-order valence-electron chi connectivity index (χ0n) is 28.0. The van der Waals surface area contributed by atoms with Crippen molar-refractivity contribution < 1.29 is 39.0 Å². The number of rotatable bonds is 9. The lowest BCUT2D eigenvalue weighted by atomic mass is 9.78. The van der Waals surface area contributed by atoms with E-state index in [0.717, 1.165) is 26.5 Å². The molecule has 5 aromatic carbocycles. The number of anilines is 1. The standard InChI is InChI=1S/C41H32N2O8/c1-21-4-11-25(12-5-21)28-20-31-35-34-30(38(48)42(40(50)36(28)34)23(3)18-33(46)47)19-29(26-13-6-22(2)7-14-26)37(35)41(51)43(39(31)49)27-15-8-24(9-16-27)10-17-32(44)45/h4-9,11-16,19-20,23H,10,17-18H2,1-3H3,(H,44,45)(H,46,47). The Hall–Kier alpha value is -6.42. The summed E-state index contributed by atoms with van der Waals surface area (Å²) in [5, 5.41) is 19.1. The third-order valence-corrected chi connectivity index (χ3v) is 9.60. The fourth-order valence-electron chi connectivity index (χ4n) is 7.05. The Bertz CT molecular complexity index is 2340. The van der Waals surface area contributed by atoms with E-state index in [1.807, 2.05) is 62.4 Å². The van der Waals surface area contributed by atoms with E-state index in [-0.39, 0.29) is 51.6 Å². The zero-order valence-corrected chi connectivity index (χ0v) is 28.0. The third kappa shape index (κ3) is 5.54. The number of carboxylic acid groups (broad SMARTS) is 2. The molecule has 10 nitrogen and oxygen atoms in total. The van der Waals surface area contributed by atoms with E-state index < -0.39 is 48.0 Å². The highest BCUT2D eigenvalue weighted by atomic mass is 16.4. The molecule has 2 aliphatic rings. The van der Waals surface area contributed by atoms with Gasteiger partial charge in [-0.1, -0.05) is 71.8 Å². The summed E-state index contributed by atoms with van der Waals surface area (Å²) in [6.45, 7) is 5.33. The number of aliphatic carboxylic acids is 2. The first kappa shape index (κ1) is 33.1. The largest absolute Gasteiger partial charge is 0.481 e. The van der Waals surface area contributed by atoms with Crippen molar-refractivity contribution in [2.45, 2.75) is 46.1 Å². The number of hydrogen-bond donors (Lipinski definition) is 2. The lowest BCUT2D eigenvalue weighted by Crippen LogP contribution is -2.48. The summed E-state index contributed by atoms with van der Waals surface area (Å²) in [6.07, 6.45) is -0.280. The molecular weight excluding hydrogens is 648 g/mol. The van der Waals surface area contributed by atoms with Gasteiger partial charge >= 0.3 is 11.9 Å². The van der Waals surface area contributed by atoms with Crippen LogP contribution in [-0.2, 0) is 16.0 Å². The first-order valence-corrected chi connectivity index (χ1v) is 16.5. The van der Waals surface area contributed by atoms with Gasteiger partial charge in [0.1, 0.15) is 0 Å². The molecular formula is C41H32N2O8. The minimum absolute atomic E-state index is 0.0768. The molecule has 4 amide bonds. The maximum atomic E-state index is 14.7. The Kier molecular flexibility index (Phi) is 8.10. The predicted molar refractivity (Wildman–Crippen MR) is 190 cm³/mol. The van der Waals surface area contributed by atoms with Crippen molar-refractivity contribution in [3.8, 4) is 22.3 Å². The Morgan fingerprint density at radius 2 is 1.10 bits per heavy atom. The second-order valence-electron chi connectivity index (χ2n) is 13.1. The van der Waals surface area contributed by atoms with E-state index in [1.165, 1.54) is 6.92 Å². The molecule has 2 heterocycles. The molecule has 0 aromatic heterocycles. The topological polar surface area (TPSA) is 149 Å². The van der Waals surface area contributed by atoms with E-state index >= 15 is 0 Å². The molecule has 1 atom stereocenters. The number of imide groups is 2. The summed E-state index contributed by atoms with van der Waals surface area (Å²) in [5.74, 6) is -4.85. The summed E-state index contributed by atoms with van der Waals surface area (Å²) >= 11 is 0. The van der Waals surface area contributed by atoms with Crippen LogP contribution >= 0.6 is 0 Å². The summed E-state index contributed by atoms with van der Waals surface area (Å²) in [6, 6.07) is 23.4. The number of nitrogens with zero attached hydrogens (tertiary/aromatic N) is 2. The van der Waals surface area contributed by atoms with Gasteiger partial charge in [0, 0.05) is 34.4 Å². The predicted octanol–water partition coefficient (Wildman–Crippen LogP) is 7.07. The third-order valence-electron chi connectivity index (χ3n) is 9.60. The molecule has 0 saturated carbocycles. The highest BCUT2D eigenvalue weighted by Crippen LogP contribution is 2.47. The van der Waals surface area contributed by atoms with Crippen LogP contribution in [0.3, 0.4) is 0 Å². The molecule has 2 N–H and O–H groups in total. The van der Waals surface area contributed by atoms with Crippen LogP contribution in [0.15, 0.2) is 84.9 Å². The summed E-state index contributed by atoms with van der Waals surface area (Å²) in [4.78, 5) is 83.2. The normalized spacial score (nSPS) is 14.3. The van der Waals surface area contributed by atoms with Crippen LogP contribution in [0.25, 0.3) is 33.0 Å². The van der Waals surface area contributed by atoms with Gasteiger partial charge in [-0.25, -0.2) is 4.90 Å².